The number of rotatable bonds is 1. The van der Waals surface area contributed by atoms with Crippen LogP contribution in [0.1, 0.15) is 6.92 Å². The number of allylic oxidation sites excluding steroid dienone is 4. The predicted molar refractivity (Wildman–Crippen MR) is 44.9 cm³/mol. The predicted octanol–water partition coefficient (Wildman–Crippen LogP) is 2.29. The molecule has 1 aliphatic rings. The van der Waals surface area contributed by atoms with E-state index >= 15 is 0 Å². The van der Waals surface area contributed by atoms with E-state index < -0.39 is 0 Å². The first-order valence-corrected chi connectivity index (χ1v) is 4.04. The van der Waals surface area contributed by atoms with Gasteiger partial charge in [-0.05, 0) is 5.92 Å². The Morgan fingerprint density at radius 3 is 2.90 bits per heavy atom. The van der Waals surface area contributed by atoms with E-state index in [9.17, 15) is 4.79 Å². The summed E-state index contributed by atoms with van der Waals surface area (Å²) in [7, 11) is 0. The zero-order valence-electron chi connectivity index (χ0n) is 5.75. The standard InChI is InChI=1S/C8H9BrO/c1-6-4-8(9)3-2-7(6)5-10/h2-7H,1H3/t6?,7-/m0/s1. The highest BCUT2D eigenvalue weighted by Gasteiger charge is 2.14. The molecule has 54 valence electrons. The van der Waals surface area contributed by atoms with Crippen molar-refractivity contribution in [2.45, 2.75) is 6.92 Å². The number of carbonyl (C=O) groups is 1. The second kappa shape index (κ2) is 3.15. The summed E-state index contributed by atoms with van der Waals surface area (Å²) in [5, 5.41) is 0. The first kappa shape index (κ1) is 7.73. The number of carbonyl (C=O) groups excluding carboxylic acids is 1. The summed E-state index contributed by atoms with van der Waals surface area (Å²) >= 11 is 3.34. The molecule has 2 atom stereocenters. The zero-order valence-corrected chi connectivity index (χ0v) is 7.34. The molecule has 0 saturated carbocycles. The van der Waals surface area contributed by atoms with Crippen molar-refractivity contribution < 1.29 is 4.79 Å². The van der Waals surface area contributed by atoms with Crippen LogP contribution in [-0.4, -0.2) is 6.29 Å². The maximum atomic E-state index is 10.4. The van der Waals surface area contributed by atoms with Crippen LogP contribution in [0.4, 0.5) is 0 Å². The zero-order chi connectivity index (χ0) is 7.56. The Morgan fingerprint density at radius 2 is 2.40 bits per heavy atom. The third-order valence-electron chi connectivity index (χ3n) is 1.66. The molecule has 0 aromatic heterocycles. The van der Waals surface area contributed by atoms with Crippen molar-refractivity contribution in [2.75, 3.05) is 0 Å². The number of aldehydes is 1. The van der Waals surface area contributed by atoms with Gasteiger partial charge < -0.3 is 4.79 Å². The molecule has 1 nitrogen and oxygen atoms in total. The van der Waals surface area contributed by atoms with Gasteiger partial charge in [-0.15, -0.1) is 0 Å². The second-order valence-electron chi connectivity index (χ2n) is 2.48. The summed E-state index contributed by atoms with van der Waals surface area (Å²) in [6.07, 6.45) is 6.86. The van der Waals surface area contributed by atoms with Gasteiger partial charge in [-0.25, -0.2) is 0 Å². The quantitative estimate of drug-likeness (QED) is 0.595. The molecule has 1 aliphatic carbocycles. The van der Waals surface area contributed by atoms with E-state index in [4.69, 9.17) is 0 Å². The van der Waals surface area contributed by atoms with E-state index in [1.165, 1.54) is 0 Å². The Kier molecular flexibility index (Phi) is 2.44. The molecule has 1 rings (SSSR count). The van der Waals surface area contributed by atoms with E-state index in [2.05, 4.69) is 15.9 Å². The summed E-state index contributed by atoms with van der Waals surface area (Å²) in [5.41, 5.74) is 0. The van der Waals surface area contributed by atoms with Crippen LogP contribution in [0, 0.1) is 11.8 Å². The van der Waals surface area contributed by atoms with Gasteiger partial charge in [0.15, 0.2) is 0 Å². The van der Waals surface area contributed by atoms with Gasteiger partial charge in [0.25, 0.3) is 0 Å². The van der Waals surface area contributed by atoms with Gasteiger partial charge in [-0.1, -0.05) is 41.1 Å². The van der Waals surface area contributed by atoms with Crippen LogP contribution in [0.2, 0.25) is 0 Å². The smallest absolute Gasteiger partial charge is 0.127 e. The van der Waals surface area contributed by atoms with Gasteiger partial charge in [-0.3, -0.25) is 0 Å². The van der Waals surface area contributed by atoms with E-state index in [1.54, 1.807) is 0 Å². The average molecular weight is 201 g/mol. The lowest BCUT2D eigenvalue weighted by atomic mass is 9.92. The Morgan fingerprint density at radius 1 is 1.70 bits per heavy atom. The lowest BCUT2D eigenvalue weighted by Crippen LogP contribution is -2.10. The fourth-order valence-corrected chi connectivity index (χ4v) is 1.53. The van der Waals surface area contributed by atoms with Gasteiger partial charge in [-0.2, -0.15) is 0 Å². The van der Waals surface area contributed by atoms with Gasteiger partial charge in [0, 0.05) is 10.4 Å². The van der Waals surface area contributed by atoms with E-state index in [0.717, 1.165) is 10.8 Å². The molecule has 0 fully saturated rings. The molecule has 1 unspecified atom stereocenters. The molecule has 0 saturated heterocycles. The van der Waals surface area contributed by atoms with Crippen LogP contribution >= 0.6 is 15.9 Å². The lowest BCUT2D eigenvalue weighted by molar-refractivity contribution is -0.110. The summed E-state index contributed by atoms with van der Waals surface area (Å²) in [4.78, 5) is 10.4. The van der Waals surface area contributed by atoms with Crippen molar-refractivity contribution in [2.24, 2.45) is 11.8 Å². The fraction of sp³-hybridized carbons (Fsp3) is 0.375. The van der Waals surface area contributed by atoms with Crippen molar-refractivity contribution in [1.29, 1.82) is 0 Å². The first-order chi connectivity index (χ1) is 4.74. The van der Waals surface area contributed by atoms with E-state index in [-0.39, 0.29) is 5.92 Å². The lowest BCUT2D eigenvalue weighted by Gasteiger charge is -2.14. The van der Waals surface area contributed by atoms with Crippen LogP contribution < -0.4 is 0 Å². The minimum atomic E-state index is 0.0706. The minimum absolute atomic E-state index is 0.0706. The molecular formula is C8H9BrO. The van der Waals surface area contributed by atoms with Crippen molar-refractivity contribution in [3.05, 3.63) is 22.7 Å². The third kappa shape index (κ3) is 1.57. The average Bonchev–Trinajstić information content (AvgIpc) is 1.88. The second-order valence-corrected chi connectivity index (χ2v) is 3.40. The molecule has 0 heterocycles. The van der Waals surface area contributed by atoms with Crippen LogP contribution in [0.5, 0.6) is 0 Å². The Hall–Kier alpha value is -0.370. The van der Waals surface area contributed by atoms with E-state index in [1.807, 2.05) is 25.2 Å². The highest BCUT2D eigenvalue weighted by molar-refractivity contribution is 9.11. The molecule has 2 heteroatoms. The Labute approximate surface area is 68.9 Å². The molecule has 10 heavy (non-hydrogen) atoms. The molecule has 0 bridgehead atoms. The number of halogens is 1. The molecule has 0 aliphatic heterocycles. The Bertz CT molecular complexity index is 193. The molecule has 0 aromatic carbocycles. The molecule has 0 radical (unpaired) electrons. The van der Waals surface area contributed by atoms with Crippen LogP contribution in [0.3, 0.4) is 0 Å². The first-order valence-electron chi connectivity index (χ1n) is 3.25. The van der Waals surface area contributed by atoms with Crippen molar-refractivity contribution in [3.8, 4) is 0 Å². The number of hydrogen-bond donors (Lipinski definition) is 0. The van der Waals surface area contributed by atoms with E-state index in [0.29, 0.717) is 5.92 Å². The minimum Gasteiger partial charge on any atom is -0.303 e. The fourth-order valence-electron chi connectivity index (χ4n) is 0.965. The molecule has 0 amide bonds. The maximum absolute atomic E-state index is 10.4. The summed E-state index contributed by atoms with van der Waals surface area (Å²) in [6.45, 7) is 2.03. The largest absolute Gasteiger partial charge is 0.303 e. The van der Waals surface area contributed by atoms with Gasteiger partial charge in [0.1, 0.15) is 6.29 Å². The highest BCUT2D eigenvalue weighted by Crippen LogP contribution is 2.23. The SMILES string of the molecule is CC1C=C(Br)C=C[C@H]1C=O. The van der Waals surface area contributed by atoms with Crippen LogP contribution in [-0.2, 0) is 4.79 Å². The molecular weight excluding hydrogens is 192 g/mol. The van der Waals surface area contributed by atoms with Crippen molar-refractivity contribution in [3.63, 3.8) is 0 Å². The van der Waals surface area contributed by atoms with Gasteiger partial charge in [0.05, 0.1) is 0 Å². The Balaban J connectivity index is 2.73. The molecule has 0 N–H and O–H groups in total. The molecule has 0 spiro atoms. The normalized spacial score (nSPS) is 31.6. The maximum Gasteiger partial charge on any atom is 0.127 e. The summed E-state index contributed by atoms with van der Waals surface area (Å²) < 4.78 is 1.07. The summed E-state index contributed by atoms with van der Waals surface area (Å²) in [6, 6.07) is 0. The molecule has 0 aromatic rings. The van der Waals surface area contributed by atoms with Crippen LogP contribution in [0.25, 0.3) is 0 Å². The van der Waals surface area contributed by atoms with Crippen LogP contribution in [0.15, 0.2) is 22.7 Å². The topological polar surface area (TPSA) is 17.1 Å². The van der Waals surface area contributed by atoms with Gasteiger partial charge >= 0.3 is 0 Å². The number of hydrogen-bond acceptors (Lipinski definition) is 1. The third-order valence-corrected chi connectivity index (χ3v) is 2.19. The highest BCUT2D eigenvalue weighted by atomic mass is 79.9. The van der Waals surface area contributed by atoms with Gasteiger partial charge in [0.2, 0.25) is 0 Å². The monoisotopic (exact) mass is 200 g/mol. The van der Waals surface area contributed by atoms with Crippen molar-refractivity contribution in [1.82, 2.24) is 0 Å². The summed E-state index contributed by atoms with van der Waals surface area (Å²) in [5.74, 6) is 0.401. The van der Waals surface area contributed by atoms with Crippen molar-refractivity contribution >= 4 is 22.2 Å².